The van der Waals surface area contributed by atoms with Gasteiger partial charge in [-0.05, 0) is 30.3 Å². The molecule has 4 nitrogen and oxygen atoms in total. The number of anilines is 2. The Bertz CT molecular complexity index is 989. The van der Waals surface area contributed by atoms with Crippen LogP contribution in [-0.4, -0.2) is 10.9 Å². The molecular formula is C20H15F4N3O. The molecule has 0 spiro atoms. The number of nitrogens with zero attached hydrogens (tertiary/aromatic N) is 1. The second-order valence-corrected chi connectivity index (χ2v) is 5.87. The Kier molecular flexibility index (Phi) is 5.58. The summed E-state index contributed by atoms with van der Waals surface area (Å²) in [4.78, 5) is 16.2. The highest BCUT2D eigenvalue weighted by molar-refractivity contribution is 6.03. The van der Waals surface area contributed by atoms with Crippen LogP contribution in [0.2, 0.25) is 0 Å². The van der Waals surface area contributed by atoms with Crippen LogP contribution in [0.25, 0.3) is 0 Å². The molecule has 0 atom stereocenters. The van der Waals surface area contributed by atoms with E-state index in [-0.39, 0.29) is 23.7 Å². The van der Waals surface area contributed by atoms with Crippen LogP contribution in [0.3, 0.4) is 0 Å². The monoisotopic (exact) mass is 389 g/mol. The molecule has 1 aromatic heterocycles. The normalized spacial score (nSPS) is 11.1. The predicted octanol–water partition coefficient (Wildman–Crippen LogP) is 5.10. The van der Waals surface area contributed by atoms with Crippen LogP contribution >= 0.6 is 0 Å². The molecule has 0 fully saturated rings. The number of rotatable bonds is 5. The van der Waals surface area contributed by atoms with Gasteiger partial charge in [0.05, 0.1) is 11.3 Å². The fourth-order valence-corrected chi connectivity index (χ4v) is 2.53. The number of carbonyl (C=O) groups excluding carboxylic acids is 1. The lowest BCUT2D eigenvalue weighted by atomic mass is 10.1. The minimum atomic E-state index is -4.60. The molecule has 28 heavy (non-hydrogen) atoms. The SMILES string of the molecule is O=C(Nc1ccccc1C(F)(F)F)c1cc(NCc2ccccc2F)ccn1. The molecule has 0 aliphatic carbocycles. The fraction of sp³-hybridized carbons (Fsp3) is 0.100. The van der Waals surface area contributed by atoms with Crippen LogP contribution in [0.15, 0.2) is 66.9 Å². The molecule has 8 heteroatoms. The summed E-state index contributed by atoms with van der Waals surface area (Å²) in [5.74, 6) is -1.16. The molecule has 0 saturated heterocycles. The summed E-state index contributed by atoms with van der Waals surface area (Å²) in [5.41, 5.74) is -0.462. The molecule has 2 N–H and O–H groups in total. The van der Waals surface area contributed by atoms with Gasteiger partial charge in [-0.25, -0.2) is 4.39 Å². The van der Waals surface area contributed by atoms with Gasteiger partial charge in [0.2, 0.25) is 0 Å². The van der Waals surface area contributed by atoms with E-state index >= 15 is 0 Å². The second-order valence-electron chi connectivity index (χ2n) is 5.87. The number of nitrogens with one attached hydrogen (secondary N) is 2. The van der Waals surface area contributed by atoms with Crippen molar-refractivity contribution < 1.29 is 22.4 Å². The number of carbonyl (C=O) groups is 1. The number of hydrogen-bond donors (Lipinski definition) is 2. The molecule has 0 saturated carbocycles. The summed E-state index contributed by atoms with van der Waals surface area (Å²) in [6, 6.07) is 13.9. The van der Waals surface area contributed by atoms with Crippen molar-refractivity contribution in [3.63, 3.8) is 0 Å². The highest BCUT2D eigenvalue weighted by Gasteiger charge is 2.33. The largest absolute Gasteiger partial charge is 0.418 e. The van der Waals surface area contributed by atoms with Crippen molar-refractivity contribution >= 4 is 17.3 Å². The summed E-state index contributed by atoms with van der Waals surface area (Å²) in [6.45, 7) is 0.175. The summed E-state index contributed by atoms with van der Waals surface area (Å²) in [6.07, 6.45) is -3.26. The van der Waals surface area contributed by atoms with Gasteiger partial charge in [-0.1, -0.05) is 30.3 Å². The maximum atomic E-state index is 13.7. The van der Waals surface area contributed by atoms with Crippen LogP contribution < -0.4 is 10.6 Å². The first-order valence-corrected chi connectivity index (χ1v) is 8.25. The Balaban J connectivity index is 1.74. The van der Waals surface area contributed by atoms with E-state index in [1.807, 2.05) is 0 Å². The minimum absolute atomic E-state index is 0.0736. The smallest absolute Gasteiger partial charge is 0.381 e. The topological polar surface area (TPSA) is 54.0 Å². The van der Waals surface area contributed by atoms with Crippen molar-refractivity contribution in [3.05, 3.63) is 89.5 Å². The zero-order valence-corrected chi connectivity index (χ0v) is 14.4. The maximum Gasteiger partial charge on any atom is 0.418 e. The van der Waals surface area contributed by atoms with Gasteiger partial charge in [0.25, 0.3) is 5.91 Å². The van der Waals surface area contributed by atoms with Gasteiger partial charge in [-0.15, -0.1) is 0 Å². The summed E-state index contributed by atoms with van der Waals surface area (Å²) >= 11 is 0. The summed E-state index contributed by atoms with van der Waals surface area (Å²) in [7, 11) is 0. The van der Waals surface area contributed by atoms with Crippen LogP contribution in [0.5, 0.6) is 0 Å². The zero-order valence-electron chi connectivity index (χ0n) is 14.4. The van der Waals surface area contributed by atoms with E-state index in [4.69, 9.17) is 0 Å². The van der Waals surface area contributed by atoms with Crippen LogP contribution in [0.1, 0.15) is 21.6 Å². The van der Waals surface area contributed by atoms with E-state index in [0.717, 1.165) is 6.07 Å². The quantitative estimate of drug-likeness (QED) is 0.597. The highest BCUT2D eigenvalue weighted by Crippen LogP contribution is 2.34. The van der Waals surface area contributed by atoms with Crippen molar-refractivity contribution in [1.29, 1.82) is 0 Å². The fourth-order valence-electron chi connectivity index (χ4n) is 2.53. The van der Waals surface area contributed by atoms with Gasteiger partial charge in [-0.2, -0.15) is 13.2 Å². The molecule has 3 aromatic rings. The molecule has 0 aliphatic rings. The molecule has 0 unspecified atom stereocenters. The number of para-hydroxylation sites is 1. The van der Waals surface area contributed by atoms with Crippen LogP contribution in [-0.2, 0) is 12.7 Å². The Morgan fingerprint density at radius 1 is 1.00 bits per heavy atom. The molecule has 0 aliphatic heterocycles. The first-order chi connectivity index (χ1) is 13.3. The molecule has 0 radical (unpaired) electrons. The van der Waals surface area contributed by atoms with Crippen LogP contribution in [0, 0.1) is 5.82 Å². The lowest BCUT2D eigenvalue weighted by Gasteiger charge is -2.13. The summed E-state index contributed by atoms with van der Waals surface area (Å²) < 4.78 is 52.8. The number of amides is 1. The van der Waals surface area contributed by atoms with E-state index in [1.165, 1.54) is 36.5 Å². The molecule has 1 amide bonds. The first-order valence-electron chi connectivity index (χ1n) is 8.25. The van der Waals surface area contributed by atoms with Gasteiger partial charge >= 0.3 is 6.18 Å². The standard InChI is InChI=1S/C20H15F4N3O/c21-16-7-3-1-5-13(16)12-26-14-9-10-25-18(11-14)19(28)27-17-8-4-2-6-15(17)20(22,23)24/h1-11H,12H2,(H,25,26)(H,27,28). The minimum Gasteiger partial charge on any atom is -0.381 e. The maximum absolute atomic E-state index is 13.7. The van der Waals surface area contributed by atoms with E-state index in [9.17, 15) is 22.4 Å². The summed E-state index contributed by atoms with van der Waals surface area (Å²) in [5, 5.41) is 5.19. The van der Waals surface area contributed by atoms with Crippen molar-refractivity contribution in [3.8, 4) is 0 Å². The lowest BCUT2D eigenvalue weighted by molar-refractivity contribution is -0.136. The molecule has 144 valence electrons. The average molecular weight is 389 g/mol. The van der Waals surface area contributed by atoms with E-state index in [1.54, 1.807) is 24.3 Å². The number of hydrogen-bond acceptors (Lipinski definition) is 3. The number of pyridine rings is 1. The second kappa shape index (κ2) is 8.08. The third-order valence-electron chi connectivity index (χ3n) is 3.91. The average Bonchev–Trinajstić information content (AvgIpc) is 2.67. The zero-order chi connectivity index (χ0) is 20.1. The van der Waals surface area contributed by atoms with Gasteiger partial charge in [0, 0.05) is 24.0 Å². The third kappa shape index (κ3) is 4.64. The van der Waals surface area contributed by atoms with Crippen molar-refractivity contribution in [2.45, 2.75) is 12.7 Å². The third-order valence-corrected chi connectivity index (χ3v) is 3.91. The lowest BCUT2D eigenvalue weighted by Crippen LogP contribution is -2.17. The van der Waals surface area contributed by atoms with Crippen molar-refractivity contribution in [1.82, 2.24) is 4.98 Å². The van der Waals surface area contributed by atoms with Gasteiger partial charge in [-0.3, -0.25) is 9.78 Å². The van der Waals surface area contributed by atoms with Crippen molar-refractivity contribution in [2.75, 3.05) is 10.6 Å². The molecule has 1 heterocycles. The van der Waals surface area contributed by atoms with Gasteiger partial charge in [0.1, 0.15) is 11.5 Å². The van der Waals surface area contributed by atoms with Gasteiger partial charge in [0.15, 0.2) is 0 Å². The Morgan fingerprint density at radius 2 is 1.71 bits per heavy atom. The molecule has 0 bridgehead atoms. The number of alkyl halides is 3. The van der Waals surface area contributed by atoms with E-state index < -0.39 is 17.6 Å². The number of aromatic nitrogens is 1. The number of benzene rings is 2. The van der Waals surface area contributed by atoms with Crippen LogP contribution in [0.4, 0.5) is 28.9 Å². The Morgan fingerprint density at radius 3 is 2.46 bits per heavy atom. The first kappa shape index (κ1) is 19.3. The van der Waals surface area contributed by atoms with E-state index in [0.29, 0.717) is 11.3 Å². The Labute approximate surface area is 158 Å². The molecule has 2 aromatic carbocycles. The van der Waals surface area contributed by atoms with Gasteiger partial charge < -0.3 is 10.6 Å². The predicted molar refractivity (Wildman–Crippen MR) is 97.4 cm³/mol. The highest BCUT2D eigenvalue weighted by atomic mass is 19.4. The van der Waals surface area contributed by atoms with E-state index in [2.05, 4.69) is 15.6 Å². The molecule has 3 rings (SSSR count). The number of halogens is 4. The Hall–Kier alpha value is -3.42. The van der Waals surface area contributed by atoms with Crippen molar-refractivity contribution in [2.24, 2.45) is 0 Å². The molecular weight excluding hydrogens is 374 g/mol.